The topological polar surface area (TPSA) is 48.3 Å². The van der Waals surface area contributed by atoms with Crippen LogP contribution in [0.5, 0.6) is 5.75 Å². The van der Waals surface area contributed by atoms with Crippen LogP contribution in [0.1, 0.15) is 37.6 Å². The van der Waals surface area contributed by atoms with Crippen molar-refractivity contribution in [3.05, 3.63) is 50.1 Å². The molecule has 1 aromatic heterocycles. The molecule has 0 aliphatic carbocycles. The Hall–Kier alpha value is -1.88. The van der Waals surface area contributed by atoms with Crippen LogP contribution in [0.3, 0.4) is 0 Å². The van der Waals surface area contributed by atoms with Crippen molar-refractivity contribution in [2.45, 2.75) is 46.6 Å². The van der Waals surface area contributed by atoms with Gasteiger partial charge in [-0.05, 0) is 36.5 Å². The predicted octanol–water partition coefficient (Wildman–Crippen LogP) is 3.43. The molecule has 0 bridgehead atoms. The summed E-state index contributed by atoms with van der Waals surface area (Å²) in [5.74, 6) is 0.106. The highest BCUT2D eigenvalue weighted by Crippen LogP contribution is 2.27. The summed E-state index contributed by atoms with van der Waals surface area (Å²) in [4.78, 5) is 23.5. The third-order valence-corrected chi connectivity index (χ3v) is 4.41. The normalized spacial score (nSPS) is 11.5. The Balaban J connectivity index is 2.14. The summed E-state index contributed by atoms with van der Waals surface area (Å²) in [6, 6.07) is 5.82. The fourth-order valence-electron chi connectivity index (χ4n) is 2.11. The summed E-state index contributed by atoms with van der Waals surface area (Å²) in [5.41, 5.74) is 2.92. The minimum Gasteiger partial charge on any atom is -0.425 e. The summed E-state index contributed by atoms with van der Waals surface area (Å²) < 4.78 is 6.82. The molecule has 22 heavy (non-hydrogen) atoms. The number of carbonyl (C=O) groups excluding carboxylic acids is 1. The predicted molar refractivity (Wildman–Crippen MR) is 88.8 cm³/mol. The molecule has 0 amide bonds. The van der Waals surface area contributed by atoms with E-state index in [0.717, 1.165) is 22.6 Å². The average molecular weight is 319 g/mol. The number of aromatic nitrogens is 1. The highest BCUT2D eigenvalue weighted by atomic mass is 32.1. The van der Waals surface area contributed by atoms with Crippen LogP contribution < -0.4 is 9.61 Å². The number of hydrogen-bond acceptors (Lipinski definition) is 4. The zero-order valence-corrected chi connectivity index (χ0v) is 14.4. The minimum atomic E-state index is -0.435. The summed E-state index contributed by atoms with van der Waals surface area (Å²) in [5, 5.41) is 1.74. The van der Waals surface area contributed by atoms with Crippen LogP contribution in [0.25, 0.3) is 0 Å². The monoisotopic (exact) mass is 319 g/mol. The number of aryl methyl sites for hydroxylation is 2. The van der Waals surface area contributed by atoms with Gasteiger partial charge in [0, 0.05) is 11.1 Å². The lowest BCUT2D eigenvalue weighted by molar-refractivity contribution is -0.135. The van der Waals surface area contributed by atoms with Gasteiger partial charge in [-0.25, -0.2) is 4.79 Å². The molecule has 118 valence electrons. The van der Waals surface area contributed by atoms with Crippen LogP contribution in [-0.4, -0.2) is 10.5 Å². The fourth-order valence-corrected chi connectivity index (χ4v) is 2.85. The maximum atomic E-state index is 12.0. The van der Waals surface area contributed by atoms with Crippen molar-refractivity contribution >= 4 is 17.3 Å². The molecule has 2 aromatic rings. The molecule has 0 fully saturated rings. The van der Waals surface area contributed by atoms with Gasteiger partial charge in [-0.2, -0.15) is 0 Å². The Morgan fingerprint density at radius 3 is 2.45 bits per heavy atom. The number of esters is 1. The van der Waals surface area contributed by atoms with E-state index >= 15 is 0 Å². The summed E-state index contributed by atoms with van der Waals surface area (Å²) in [6.45, 7) is 10.1. The van der Waals surface area contributed by atoms with E-state index in [1.54, 1.807) is 12.3 Å². The number of thiazole rings is 1. The summed E-state index contributed by atoms with van der Waals surface area (Å²) in [7, 11) is 0. The van der Waals surface area contributed by atoms with Crippen LogP contribution in [-0.2, 0) is 16.8 Å². The van der Waals surface area contributed by atoms with Gasteiger partial charge in [0.05, 0.1) is 0 Å². The van der Waals surface area contributed by atoms with E-state index in [2.05, 4.69) is 20.8 Å². The highest BCUT2D eigenvalue weighted by Gasteiger charge is 2.16. The standard InChI is InChI=1S/C17H21NO3S/c1-11-8-13(17(3,4)5)6-7-14(11)21-15(19)9-18-12(2)10-22-16(18)20/h6-8,10H,9H2,1-5H3. The number of nitrogens with zero attached hydrogens (tertiary/aromatic N) is 1. The van der Waals surface area contributed by atoms with E-state index in [4.69, 9.17) is 4.74 Å². The SMILES string of the molecule is Cc1cc(C(C)(C)C)ccc1OC(=O)Cn1c(C)csc1=O. The van der Waals surface area contributed by atoms with Gasteiger partial charge in [-0.15, -0.1) is 0 Å². The van der Waals surface area contributed by atoms with E-state index in [9.17, 15) is 9.59 Å². The van der Waals surface area contributed by atoms with E-state index in [-0.39, 0.29) is 16.8 Å². The lowest BCUT2D eigenvalue weighted by Gasteiger charge is -2.20. The molecule has 4 nitrogen and oxygen atoms in total. The Morgan fingerprint density at radius 1 is 1.27 bits per heavy atom. The molecule has 1 heterocycles. The first kappa shape index (κ1) is 16.5. The molecule has 0 unspecified atom stereocenters. The maximum absolute atomic E-state index is 12.0. The first-order valence-corrected chi connectivity index (χ1v) is 8.03. The summed E-state index contributed by atoms with van der Waals surface area (Å²) in [6.07, 6.45) is 0. The summed E-state index contributed by atoms with van der Waals surface area (Å²) >= 11 is 1.09. The van der Waals surface area contributed by atoms with Gasteiger partial charge in [0.15, 0.2) is 0 Å². The van der Waals surface area contributed by atoms with Gasteiger partial charge in [-0.1, -0.05) is 44.2 Å². The van der Waals surface area contributed by atoms with Crippen molar-refractivity contribution in [3.63, 3.8) is 0 Å². The number of hydrogen-bond donors (Lipinski definition) is 0. The van der Waals surface area contributed by atoms with Crippen LogP contribution in [0.15, 0.2) is 28.4 Å². The van der Waals surface area contributed by atoms with Gasteiger partial charge in [-0.3, -0.25) is 9.36 Å². The maximum Gasteiger partial charge on any atom is 0.331 e. The van der Waals surface area contributed by atoms with Crippen molar-refractivity contribution in [1.29, 1.82) is 0 Å². The van der Waals surface area contributed by atoms with E-state index < -0.39 is 5.97 Å². The third kappa shape index (κ3) is 3.65. The zero-order chi connectivity index (χ0) is 16.5. The number of carbonyl (C=O) groups is 1. The quantitative estimate of drug-likeness (QED) is 0.643. The van der Waals surface area contributed by atoms with Crippen molar-refractivity contribution in [2.75, 3.05) is 0 Å². The molecule has 0 spiro atoms. The second-order valence-electron chi connectivity index (χ2n) is 6.43. The Labute approximate surface area is 134 Å². The van der Waals surface area contributed by atoms with Gasteiger partial charge < -0.3 is 4.74 Å². The molecule has 0 atom stereocenters. The lowest BCUT2D eigenvalue weighted by Crippen LogP contribution is -2.24. The second-order valence-corrected chi connectivity index (χ2v) is 7.25. The lowest BCUT2D eigenvalue weighted by atomic mass is 9.86. The second kappa shape index (κ2) is 6.08. The molecule has 0 saturated heterocycles. The molecule has 0 saturated carbocycles. The zero-order valence-electron chi connectivity index (χ0n) is 13.6. The number of rotatable bonds is 3. The van der Waals surface area contributed by atoms with Crippen molar-refractivity contribution in [3.8, 4) is 5.75 Å². The fraction of sp³-hybridized carbons (Fsp3) is 0.412. The molecule has 0 radical (unpaired) electrons. The van der Waals surface area contributed by atoms with E-state index in [1.165, 1.54) is 10.1 Å². The van der Waals surface area contributed by atoms with Crippen LogP contribution in [0.4, 0.5) is 0 Å². The third-order valence-electron chi connectivity index (χ3n) is 3.53. The van der Waals surface area contributed by atoms with Crippen LogP contribution >= 0.6 is 11.3 Å². The van der Waals surface area contributed by atoms with E-state index in [0.29, 0.717) is 5.75 Å². The minimum absolute atomic E-state index is 0.0500. The highest BCUT2D eigenvalue weighted by molar-refractivity contribution is 7.07. The van der Waals surface area contributed by atoms with Crippen molar-refractivity contribution < 1.29 is 9.53 Å². The molecule has 0 aliphatic heterocycles. The van der Waals surface area contributed by atoms with Gasteiger partial charge in [0.2, 0.25) is 0 Å². The number of ether oxygens (including phenoxy) is 1. The molecule has 5 heteroatoms. The Bertz CT molecular complexity index is 750. The molecular formula is C17H21NO3S. The number of benzene rings is 1. The Morgan fingerprint density at radius 2 is 1.95 bits per heavy atom. The van der Waals surface area contributed by atoms with Gasteiger partial charge >= 0.3 is 10.8 Å². The van der Waals surface area contributed by atoms with Crippen molar-refractivity contribution in [1.82, 2.24) is 4.57 Å². The largest absolute Gasteiger partial charge is 0.425 e. The molecular weight excluding hydrogens is 298 g/mol. The molecule has 0 N–H and O–H groups in total. The van der Waals surface area contributed by atoms with Gasteiger partial charge in [0.25, 0.3) is 0 Å². The first-order chi connectivity index (χ1) is 10.2. The van der Waals surface area contributed by atoms with Crippen LogP contribution in [0.2, 0.25) is 0 Å². The van der Waals surface area contributed by atoms with E-state index in [1.807, 2.05) is 25.1 Å². The smallest absolute Gasteiger partial charge is 0.331 e. The Kier molecular flexibility index (Phi) is 4.56. The van der Waals surface area contributed by atoms with Crippen LogP contribution in [0, 0.1) is 13.8 Å². The first-order valence-electron chi connectivity index (χ1n) is 7.15. The molecule has 2 rings (SSSR count). The van der Waals surface area contributed by atoms with Gasteiger partial charge in [0.1, 0.15) is 12.3 Å². The average Bonchev–Trinajstić information content (AvgIpc) is 2.72. The van der Waals surface area contributed by atoms with Crippen molar-refractivity contribution in [2.24, 2.45) is 0 Å². The molecule has 0 aliphatic rings. The molecule has 1 aromatic carbocycles.